The van der Waals surface area contributed by atoms with Crippen molar-refractivity contribution >= 4 is 11.6 Å². The molecule has 5 nitrogen and oxygen atoms in total. The first-order valence-electron chi connectivity index (χ1n) is 6.01. The fraction of sp³-hybridized carbons (Fsp3) is 0.462. The monoisotopic (exact) mass is 246 g/mol. The van der Waals surface area contributed by atoms with Crippen molar-refractivity contribution in [1.82, 2.24) is 19.9 Å². The summed E-state index contributed by atoms with van der Waals surface area (Å²) < 4.78 is 1.87. The molecule has 2 heterocycles. The standard InChI is InChI=1S/C13H18N4O/c1-13(2,3)8-12(18)14-9-11-16-15-10-6-4-5-7-17(10)11/h4-7H,8-9H2,1-3H3,(H,14,18). The van der Waals surface area contributed by atoms with Gasteiger partial charge in [0.1, 0.15) is 0 Å². The maximum Gasteiger partial charge on any atom is 0.220 e. The first-order valence-corrected chi connectivity index (χ1v) is 6.01. The summed E-state index contributed by atoms with van der Waals surface area (Å²) in [6.07, 6.45) is 2.39. The van der Waals surface area contributed by atoms with Crippen LogP contribution in [0.2, 0.25) is 0 Å². The van der Waals surface area contributed by atoms with Crippen molar-refractivity contribution in [2.75, 3.05) is 0 Å². The number of rotatable bonds is 3. The van der Waals surface area contributed by atoms with E-state index in [-0.39, 0.29) is 11.3 Å². The molecule has 0 fully saturated rings. The molecule has 1 N–H and O–H groups in total. The van der Waals surface area contributed by atoms with Crippen molar-refractivity contribution < 1.29 is 4.79 Å². The predicted molar refractivity (Wildman–Crippen MR) is 68.9 cm³/mol. The average Bonchev–Trinajstić information content (AvgIpc) is 2.67. The number of carbonyl (C=O) groups excluding carboxylic acids is 1. The molecule has 0 aromatic carbocycles. The molecule has 0 spiro atoms. The zero-order valence-electron chi connectivity index (χ0n) is 11.0. The first-order chi connectivity index (χ1) is 8.46. The highest BCUT2D eigenvalue weighted by Gasteiger charge is 2.16. The number of hydrogen-bond acceptors (Lipinski definition) is 3. The van der Waals surface area contributed by atoms with E-state index in [1.807, 2.05) is 49.6 Å². The second-order valence-corrected chi connectivity index (χ2v) is 5.56. The van der Waals surface area contributed by atoms with Crippen LogP contribution in [0.5, 0.6) is 0 Å². The SMILES string of the molecule is CC(C)(C)CC(=O)NCc1nnc2ccccn12. The van der Waals surface area contributed by atoms with Gasteiger partial charge >= 0.3 is 0 Å². The van der Waals surface area contributed by atoms with Gasteiger partial charge in [-0.2, -0.15) is 0 Å². The number of amides is 1. The van der Waals surface area contributed by atoms with Gasteiger partial charge in [-0.3, -0.25) is 9.20 Å². The van der Waals surface area contributed by atoms with Crippen molar-refractivity contribution in [3.63, 3.8) is 0 Å². The van der Waals surface area contributed by atoms with Gasteiger partial charge in [0.05, 0.1) is 6.54 Å². The molecule has 2 aromatic heterocycles. The third kappa shape index (κ3) is 3.06. The third-order valence-electron chi connectivity index (χ3n) is 2.52. The van der Waals surface area contributed by atoms with Gasteiger partial charge in [-0.15, -0.1) is 10.2 Å². The van der Waals surface area contributed by atoms with Gasteiger partial charge in [-0.1, -0.05) is 26.8 Å². The Kier molecular flexibility index (Phi) is 3.32. The molecule has 1 amide bonds. The molecule has 0 aliphatic rings. The van der Waals surface area contributed by atoms with E-state index < -0.39 is 0 Å². The van der Waals surface area contributed by atoms with Gasteiger partial charge in [-0.25, -0.2) is 0 Å². The molecule has 18 heavy (non-hydrogen) atoms. The normalized spacial score (nSPS) is 11.7. The third-order valence-corrected chi connectivity index (χ3v) is 2.52. The minimum Gasteiger partial charge on any atom is -0.349 e. The number of fused-ring (bicyclic) bond motifs is 1. The number of hydrogen-bond donors (Lipinski definition) is 1. The van der Waals surface area contributed by atoms with Crippen molar-refractivity contribution in [1.29, 1.82) is 0 Å². The summed E-state index contributed by atoms with van der Waals surface area (Å²) in [5.74, 6) is 0.781. The summed E-state index contributed by atoms with van der Waals surface area (Å²) in [6.45, 7) is 6.53. The molecule has 2 rings (SSSR count). The van der Waals surface area contributed by atoms with E-state index in [1.54, 1.807) is 0 Å². The van der Waals surface area contributed by atoms with Crippen LogP contribution in [-0.2, 0) is 11.3 Å². The van der Waals surface area contributed by atoms with Gasteiger partial charge in [0.15, 0.2) is 11.5 Å². The average molecular weight is 246 g/mol. The van der Waals surface area contributed by atoms with E-state index >= 15 is 0 Å². The molecule has 0 unspecified atom stereocenters. The largest absolute Gasteiger partial charge is 0.349 e. The predicted octanol–water partition coefficient (Wildman–Crippen LogP) is 1.78. The maximum atomic E-state index is 11.7. The molecule has 96 valence electrons. The van der Waals surface area contributed by atoms with Crippen molar-refractivity contribution in [2.24, 2.45) is 5.41 Å². The fourth-order valence-electron chi connectivity index (χ4n) is 1.73. The number of aromatic nitrogens is 3. The smallest absolute Gasteiger partial charge is 0.220 e. The zero-order valence-corrected chi connectivity index (χ0v) is 11.0. The van der Waals surface area contributed by atoms with Crippen LogP contribution in [0.15, 0.2) is 24.4 Å². The van der Waals surface area contributed by atoms with E-state index in [9.17, 15) is 4.79 Å². The van der Waals surface area contributed by atoms with Gasteiger partial charge in [-0.05, 0) is 17.5 Å². The molecular weight excluding hydrogens is 228 g/mol. The summed E-state index contributed by atoms with van der Waals surface area (Å²) in [5, 5.41) is 11.0. The summed E-state index contributed by atoms with van der Waals surface area (Å²) in [7, 11) is 0. The van der Waals surface area contributed by atoms with Gasteiger partial charge in [0, 0.05) is 12.6 Å². The van der Waals surface area contributed by atoms with E-state index in [0.717, 1.165) is 11.5 Å². The van der Waals surface area contributed by atoms with Crippen LogP contribution in [-0.4, -0.2) is 20.5 Å². The Morgan fingerprint density at radius 2 is 2.11 bits per heavy atom. The molecule has 2 aromatic rings. The van der Waals surface area contributed by atoms with Crippen LogP contribution in [0.1, 0.15) is 33.0 Å². The molecule has 0 aliphatic heterocycles. The number of nitrogens with zero attached hydrogens (tertiary/aromatic N) is 3. The van der Waals surface area contributed by atoms with Crippen LogP contribution in [0.4, 0.5) is 0 Å². The van der Waals surface area contributed by atoms with Crippen molar-refractivity contribution in [3.05, 3.63) is 30.2 Å². The Labute approximate surface area is 106 Å². The lowest BCUT2D eigenvalue weighted by atomic mass is 9.92. The Morgan fingerprint density at radius 1 is 1.33 bits per heavy atom. The van der Waals surface area contributed by atoms with E-state index in [2.05, 4.69) is 15.5 Å². The Hall–Kier alpha value is -1.91. The zero-order chi connectivity index (χ0) is 13.2. The highest BCUT2D eigenvalue weighted by molar-refractivity contribution is 5.76. The lowest BCUT2D eigenvalue weighted by Crippen LogP contribution is -2.27. The van der Waals surface area contributed by atoms with E-state index in [1.165, 1.54) is 0 Å². The number of nitrogens with one attached hydrogen (secondary N) is 1. The molecule has 0 atom stereocenters. The summed E-state index contributed by atoms with van der Waals surface area (Å²) in [4.78, 5) is 11.7. The lowest BCUT2D eigenvalue weighted by molar-refractivity contribution is -0.123. The fourth-order valence-corrected chi connectivity index (χ4v) is 1.73. The number of pyridine rings is 1. The highest BCUT2D eigenvalue weighted by atomic mass is 16.1. The van der Waals surface area contributed by atoms with Gasteiger partial charge in [0.2, 0.25) is 5.91 Å². The summed E-state index contributed by atoms with van der Waals surface area (Å²) in [6, 6.07) is 5.70. The minimum atomic E-state index is -0.00298. The highest BCUT2D eigenvalue weighted by Crippen LogP contribution is 2.17. The molecular formula is C13H18N4O. The quantitative estimate of drug-likeness (QED) is 0.898. The maximum absolute atomic E-state index is 11.7. The minimum absolute atomic E-state index is 0.00298. The van der Waals surface area contributed by atoms with Crippen LogP contribution < -0.4 is 5.32 Å². The van der Waals surface area contributed by atoms with Gasteiger partial charge in [0.25, 0.3) is 0 Å². The lowest BCUT2D eigenvalue weighted by Gasteiger charge is -2.16. The van der Waals surface area contributed by atoms with Crippen LogP contribution in [0.3, 0.4) is 0 Å². The second kappa shape index (κ2) is 4.76. The van der Waals surface area contributed by atoms with Gasteiger partial charge < -0.3 is 5.32 Å². The van der Waals surface area contributed by atoms with E-state index in [0.29, 0.717) is 13.0 Å². The van der Waals surface area contributed by atoms with E-state index in [4.69, 9.17) is 0 Å². The van der Waals surface area contributed by atoms with Crippen LogP contribution >= 0.6 is 0 Å². The second-order valence-electron chi connectivity index (χ2n) is 5.56. The van der Waals surface area contributed by atoms with Crippen molar-refractivity contribution in [2.45, 2.75) is 33.7 Å². The first kappa shape index (κ1) is 12.5. The molecule has 0 saturated carbocycles. The topological polar surface area (TPSA) is 59.3 Å². The van der Waals surface area contributed by atoms with Crippen molar-refractivity contribution in [3.8, 4) is 0 Å². The summed E-state index contributed by atoms with van der Waals surface area (Å²) >= 11 is 0. The summed E-state index contributed by atoms with van der Waals surface area (Å²) in [5.41, 5.74) is 0.786. The Morgan fingerprint density at radius 3 is 2.83 bits per heavy atom. The Balaban J connectivity index is 2.00. The molecule has 0 radical (unpaired) electrons. The Bertz CT molecular complexity index is 553. The molecule has 0 bridgehead atoms. The van der Waals surface area contributed by atoms with Crippen LogP contribution in [0.25, 0.3) is 5.65 Å². The van der Waals surface area contributed by atoms with Crippen LogP contribution in [0, 0.1) is 5.41 Å². The molecule has 5 heteroatoms. The number of carbonyl (C=O) groups is 1. The molecule has 0 aliphatic carbocycles. The molecule has 0 saturated heterocycles.